The molecule has 0 aliphatic carbocycles. The van der Waals surface area contributed by atoms with E-state index in [4.69, 9.17) is 23.8 Å². The summed E-state index contributed by atoms with van der Waals surface area (Å²) in [6.45, 7) is 0. The zero-order chi connectivity index (χ0) is 49.4. The second-order valence-electron chi connectivity index (χ2n) is 19.1. The van der Waals surface area contributed by atoms with Crippen molar-refractivity contribution in [2.24, 2.45) is 0 Å². The van der Waals surface area contributed by atoms with Gasteiger partial charge in [-0.1, -0.05) is 176 Å². The predicted octanol–water partition coefficient (Wildman–Crippen LogP) is 18.4. The summed E-state index contributed by atoms with van der Waals surface area (Å²) in [5, 5.41) is 6.71. The first-order valence-electron chi connectivity index (χ1n) is 25.2. The summed E-state index contributed by atoms with van der Waals surface area (Å²) in [4.78, 5) is 15.0. The van der Waals surface area contributed by atoms with Crippen molar-refractivity contribution in [2.45, 2.75) is 0 Å². The first kappa shape index (κ1) is 42.5. The van der Waals surface area contributed by atoms with Crippen molar-refractivity contribution in [3.05, 3.63) is 255 Å². The number of hydrogen-bond acceptors (Lipinski definition) is 5. The molecular weight excluding hydrogens is 917 g/mol. The van der Waals surface area contributed by atoms with Crippen molar-refractivity contribution < 1.29 is 8.83 Å². The summed E-state index contributed by atoms with van der Waals surface area (Å²) in [5.41, 5.74) is 18.5. The van der Waals surface area contributed by atoms with Gasteiger partial charge in [-0.05, 0) is 123 Å². The van der Waals surface area contributed by atoms with E-state index in [2.05, 4.69) is 199 Å². The Morgan fingerprint density at radius 3 is 1.41 bits per heavy atom. The molecule has 15 rings (SSSR count). The Morgan fingerprint density at radius 2 is 0.707 bits per heavy atom. The fraction of sp³-hybridized carbons (Fsp3) is 0. The van der Waals surface area contributed by atoms with Gasteiger partial charge in [-0.3, -0.25) is 0 Å². The number of benzene rings is 11. The lowest BCUT2D eigenvalue weighted by molar-refractivity contribution is 0.668. The molecule has 11 aromatic carbocycles. The fourth-order valence-electron chi connectivity index (χ4n) is 11.0. The van der Waals surface area contributed by atoms with Crippen LogP contribution in [0.1, 0.15) is 0 Å². The van der Waals surface area contributed by atoms with Gasteiger partial charge in [0.15, 0.2) is 17.5 Å². The van der Waals surface area contributed by atoms with E-state index in [9.17, 15) is 0 Å². The van der Waals surface area contributed by atoms with Crippen LogP contribution in [0.15, 0.2) is 264 Å². The number of nitrogens with zero attached hydrogens (tertiary/aromatic N) is 4. The van der Waals surface area contributed by atoms with Crippen LogP contribution < -0.4 is 0 Å². The summed E-state index contributed by atoms with van der Waals surface area (Å²) in [7, 11) is 0. The molecule has 0 aliphatic rings. The Labute approximate surface area is 431 Å². The third kappa shape index (κ3) is 7.30. The third-order valence-electron chi connectivity index (χ3n) is 14.6. The minimum atomic E-state index is 0.609. The largest absolute Gasteiger partial charge is 0.456 e. The Bertz CT molecular complexity index is 4650. The zero-order valence-corrected chi connectivity index (χ0v) is 40.4. The van der Waals surface area contributed by atoms with Crippen LogP contribution in [0.5, 0.6) is 0 Å². The molecule has 0 amide bonds. The molecule has 4 heterocycles. The molecule has 0 spiro atoms. The summed E-state index contributed by atoms with van der Waals surface area (Å²) in [6, 6.07) is 89.5. The van der Waals surface area contributed by atoms with Gasteiger partial charge in [0.2, 0.25) is 0 Å². The monoisotopic (exact) mass is 958 g/mol. The van der Waals surface area contributed by atoms with Crippen LogP contribution in [0.2, 0.25) is 0 Å². The van der Waals surface area contributed by atoms with E-state index >= 15 is 0 Å². The maximum Gasteiger partial charge on any atom is 0.164 e. The van der Waals surface area contributed by atoms with Crippen LogP contribution in [-0.2, 0) is 0 Å². The molecule has 6 nitrogen and oxygen atoms in total. The summed E-state index contributed by atoms with van der Waals surface area (Å²) in [6.07, 6.45) is 0. The predicted molar refractivity (Wildman–Crippen MR) is 307 cm³/mol. The lowest BCUT2D eigenvalue weighted by Gasteiger charge is -2.10. The smallest absolute Gasteiger partial charge is 0.164 e. The van der Waals surface area contributed by atoms with Crippen LogP contribution in [-0.4, -0.2) is 19.5 Å². The molecule has 0 bridgehead atoms. The number of hydrogen-bond donors (Lipinski definition) is 0. The maximum absolute atomic E-state index is 6.56. The van der Waals surface area contributed by atoms with Crippen LogP contribution in [0.25, 0.3) is 150 Å². The van der Waals surface area contributed by atoms with Gasteiger partial charge in [0.25, 0.3) is 0 Å². The number of furan rings is 2. The molecular formula is C69H42N4O2. The van der Waals surface area contributed by atoms with Crippen molar-refractivity contribution in [3.63, 3.8) is 0 Å². The average molecular weight is 959 g/mol. The van der Waals surface area contributed by atoms with Crippen LogP contribution in [0.4, 0.5) is 0 Å². The number of fused-ring (bicyclic) bond motifs is 9. The molecule has 75 heavy (non-hydrogen) atoms. The third-order valence-corrected chi connectivity index (χ3v) is 14.6. The average Bonchev–Trinajstić information content (AvgIpc) is 4.17. The van der Waals surface area contributed by atoms with Crippen molar-refractivity contribution in [2.75, 3.05) is 0 Å². The van der Waals surface area contributed by atoms with E-state index in [1.165, 1.54) is 32.9 Å². The van der Waals surface area contributed by atoms with Gasteiger partial charge in [0.1, 0.15) is 22.3 Å². The standard InChI is InChI=1S/C69H42N4O2/c1-4-15-43(16-5-1)48-29-33-61-56(39-48)55-25-10-11-27-60(55)73(61)53-32-36-63-58(42-53)57-40-49(30-34-62(57)74-63)46-21-12-22-47(37-46)50-31-35-64-59(41-50)66-54(26-14-28-65(66)75-64)51-23-13-24-52(38-51)69-71-67(44-17-6-2-7-18-44)70-68(72-69)45-19-8-3-9-20-45/h1-42H. The molecule has 0 saturated heterocycles. The number of para-hydroxylation sites is 1. The van der Waals surface area contributed by atoms with Crippen molar-refractivity contribution in [3.8, 4) is 84.4 Å². The van der Waals surface area contributed by atoms with Crippen molar-refractivity contribution in [1.82, 2.24) is 19.5 Å². The molecule has 0 N–H and O–H groups in total. The molecule has 350 valence electrons. The SMILES string of the molecule is c1ccc(-c2ccc3c(c2)c2ccccc2n3-c2ccc3oc4ccc(-c5cccc(-c6ccc7oc8cccc(-c9cccc(-c%10nc(-c%11ccccc%11)nc(-c%11ccccc%11)n%10)c9)c8c7c6)c5)cc4c3c2)cc1. The van der Waals surface area contributed by atoms with Gasteiger partial charge in [-0.15, -0.1) is 0 Å². The van der Waals surface area contributed by atoms with Gasteiger partial charge < -0.3 is 13.4 Å². The second-order valence-corrected chi connectivity index (χ2v) is 19.1. The highest BCUT2D eigenvalue weighted by Crippen LogP contribution is 2.42. The number of rotatable bonds is 8. The molecule has 0 unspecified atom stereocenters. The summed E-state index contributed by atoms with van der Waals surface area (Å²) < 4.78 is 15.4. The lowest BCUT2D eigenvalue weighted by Crippen LogP contribution is -2.00. The Morgan fingerprint density at radius 1 is 0.253 bits per heavy atom. The Kier molecular flexibility index (Phi) is 9.78. The number of aromatic nitrogens is 4. The maximum atomic E-state index is 6.56. The molecule has 4 aromatic heterocycles. The van der Waals surface area contributed by atoms with Gasteiger partial charge >= 0.3 is 0 Å². The van der Waals surface area contributed by atoms with E-state index in [-0.39, 0.29) is 0 Å². The molecule has 15 aromatic rings. The Balaban J connectivity index is 0.791. The van der Waals surface area contributed by atoms with Gasteiger partial charge in [-0.2, -0.15) is 0 Å². The minimum Gasteiger partial charge on any atom is -0.456 e. The quantitative estimate of drug-likeness (QED) is 0.152. The minimum absolute atomic E-state index is 0.609. The van der Waals surface area contributed by atoms with Crippen molar-refractivity contribution >= 4 is 65.7 Å². The van der Waals surface area contributed by atoms with E-state index in [1.54, 1.807) is 0 Å². The second kappa shape index (κ2) is 17.3. The van der Waals surface area contributed by atoms with Gasteiger partial charge in [0, 0.05) is 54.7 Å². The van der Waals surface area contributed by atoms with Crippen LogP contribution >= 0.6 is 0 Å². The molecule has 6 heteroatoms. The topological polar surface area (TPSA) is 69.9 Å². The van der Waals surface area contributed by atoms with Gasteiger partial charge in [-0.25, -0.2) is 15.0 Å². The molecule has 0 saturated carbocycles. The zero-order valence-electron chi connectivity index (χ0n) is 40.4. The van der Waals surface area contributed by atoms with Crippen LogP contribution in [0, 0.1) is 0 Å². The van der Waals surface area contributed by atoms with E-state index in [0.29, 0.717) is 17.5 Å². The summed E-state index contributed by atoms with van der Waals surface area (Å²) >= 11 is 0. The first-order chi connectivity index (χ1) is 37.1. The normalized spacial score (nSPS) is 11.7. The van der Waals surface area contributed by atoms with Gasteiger partial charge in [0.05, 0.1) is 11.0 Å². The van der Waals surface area contributed by atoms with E-state index < -0.39 is 0 Å². The highest BCUT2D eigenvalue weighted by Gasteiger charge is 2.19. The van der Waals surface area contributed by atoms with Crippen molar-refractivity contribution in [1.29, 1.82) is 0 Å². The summed E-state index contributed by atoms with van der Waals surface area (Å²) in [5.74, 6) is 1.87. The fourth-order valence-corrected chi connectivity index (χ4v) is 11.0. The van der Waals surface area contributed by atoms with E-state index in [0.717, 1.165) is 99.6 Å². The lowest BCUT2D eigenvalue weighted by atomic mass is 9.95. The highest BCUT2D eigenvalue weighted by molar-refractivity contribution is 6.14. The highest BCUT2D eigenvalue weighted by atomic mass is 16.3. The molecule has 0 aliphatic heterocycles. The van der Waals surface area contributed by atoms with E-state index in [1.807, 2.05) is 60.7 Å². The molecule has 0 fully saturated rings. The molecule has 0 atom stereocenters. The first-order valence-corrected chi connectivity index (χ1v) is 25.2. The Hall–Kier alpha value is -10.2. The van der Waals surface area contributed by atoms with Crippen LogP contribution in [0.3, 0.4) is 0 Å². The molecule has 0 radical (unpaired) electrons.